The Hall–Kier alpha value is -1.64. The van der Waals surface area contributed by atoms with Gasteiger partial charge in [0.25, 0.3) is 0 Å². The smallest absolute Gasteiger partial charge is 0.169 e. The second kappa shape index (κ2) is 4.19. The molecule has 1 N–H and O–H groups in total. The highest BCUT2D eigenvalue weighted by Crippen LogP contribution is 2.46. The molecule has 96 valence electrons. The Kier molecular flexibility index (Phi) is 2.73. The van der Waals surface area contributed by atoms with Gasteiger partial charge < -0.3 is 5.11 Å². The number of halogens is 1. The summed E-state index contributed by atoms with van der Waals surface area (Å²) in [7, 11) is 0. The quantitative estimate of drug-likeness (QED) is 0.864. The highest BCUT2D eigenvalue weighted by atomic mass is 35.5. The third-order valence-corrected chi connectivity index (χ3v) is 4.13. The van der Waals surface area contributed by atoms with Crippen LogP contribution in [0.5, 0.6) is 0 Å². The third-order valence-electron chi connectivity index (χ3n) is 3.89. The van der Waals surface area contributed by atoms with E-state index in [1.807, 2.05) is 30.3 Å². The van der Waals surface area contributed by atoms with Crippen molar-refractivity contribution in [3.05, 3.63) is 70.2 Å². The van der Waals surface area contributed by atoms with Crippen molar-refractivity contribution in [3.63, 3.8) is 0 Å². The molecule has 1 aliphatic carbocycles. The number of rotatable bonds is 1. The van der Waals surface area contributed by atoms with E-state index >= 15 is 0 Å². The van der Waals surface area contributed by atoms with Crippen LogP contribution >= 0.6 is 11.6 Å². The van der Waals surface area contributed by atoms with Gasteiger partial charge in [-0.3, -0.25) is 4.79 Å². The lowest BCUT2D eigenvalue weighted by atomic mass is 9.82. The first kappa shape index (κ1) is 12.4. The van der Waals surface area contributed by atoms with E-state index in [4.69, 9.17) is 11.6 Å². The zero-order valence-electron chi connectivity index (χ0n) is 10.4. The molecule has 2 aromatic carbocycles. The molecule has 3 rings (SSSR count). The molecular weight excluding hydrogens is 260 g/mol. The molecular formula is C16H13ClO2. The van der Waals surface area contributed by atoms with Gasteiger partial charge in [-0.25, -0.2) is 0 Å². The van der Waals surface area contributed by atoms with Crippen molar-refractivity contribution in [2.45, 2.75) is 12.5 Å². The van der Waals surface area contributed by atoms with Gasteiger partial charge in [-0.05, 0) is 23.8 Å². The molecule has 0 aromatic heterocycles. The van der Waals surface area contributed by atoms with E-state index in [1.165, 1.54) is 0 Å². The Morgan fingerprint density at radius 1 is 1.16 bits per heavy atom. The van der Waals surface area contributed by atoms with Crippen LogP contribution in [0.15, 0.2) is 48.5 Å². The van der Waals surface area contributed by atoms with Crippen LogP contribution in [0.3, 0.4) is 0 Å². The van der Waals surface area contributed by atoms with E-state index < -0.39 is 11.5 Å². The van der Waals surface area contributed by atoms with Gasteiger partial charge in [-0.1, -0.05) is 48.9 Å². The van der Waals surface area contributed by atoms with E-state index in [0.717, 1.165) is 5.56 Å². The zero-order valence-corrected chi connectivity index (χ0v) is 11.2. The predicted octanol–water partition coefficient (Wildman–Crippen LogP) is 3.41. The van der Waals surface area contributed by atoms with Crippen LogP contribution < -0.4 is 0 Å². The Morgan fingerprint density at radius 2 is 1.84 bits per heavy atom. The summed E-state index contributed by atoms with van der Waals surface area (Å²) >= 11 is 6.01. The monoisotopic (exact) mass is 272 g/mol. The molecule has 19 heavy (non-hydrogen) atoms. The molecule has 3 heteroatoms. The lowest BCUT2D eigenvalue weighted by Gasteiger charge is -2.28. The normalized spacial score (nSPS) is 25.4. The number of carbonyl (C=O) groups is 1. The predicted molar refractivity (Wildman–Crippen MR) is 74.4 cm³/mol. The third kappa shape index (κ3) is 1.64. The number of ketones is 1. The first-order valence-electron chi connectivity index (χ1n) is 6.17. The molecule has 0 bridgehead atoms. The second-order valence-electron chi connectivity index (χ2n) is 4.91. The maximum Gasteiger partial charge on any atom is 0.169 e. The van der Waals surface area contributed by atoms with Gasteiger partial charge in [-0.2, -0.15) is 0 Å². The number of hydrogen-bond acceptors (Lipinski definition) is 2. The summed E-state index contributed by atoms with van der Waals surface area (Å²) in [5.41, 5.74) is 0.585. The first-order valence-corrected chi connectivity index (χ1v) is 6.55. The number of Topliss-reactive ketones (excluding diaryl/α,β-unsaturated/α-hetero) is 1. The fraction of sp³-hybridized carbons (Fsp3) is 0.188. The molecule has 0 saturated carbocycles. The number of aliphatic hydroxyl groups is 1. The molecule has 2 nitrogen and oxygen atoms in total. The number of hydrogen-bond donors (Lipinski definition) is 1. The van der Waals surface area contributed by atoms with Crippen LogP contribution in [0, 0.1) is 5.92 Å². The summed E-state index contributed by atoms with van der Waals surface area (Å²) in [4.78, 5) is 12.3. The van der Waals surface area contributed by atoms with E-state index in [-0.39, 0.29) is 5.78 Å². The van der Waals surface area contributed by atoms with Crippen LogP contribution in [0.2, 0.25) is 5.02 Å². The molecule has 0 aliphatic heterocycles. The van der Waals surface area contributed by atoms with E-state index in [0.29, 0.717) is 16.1 Å². The van der Waals surface area contributed by atoms with Crippen molar-refractivity contribution in [2.24, 2.45) is 5.92 Å². The van der Waals surface area contributed by atoms with Crippen LogP contribution in [-0.2, 0) is 5.60 Å². The number of carbonyl (C=O) groups excluding carboxylic acids is 1. The Bertz CT molecular complexity index is 651. The highest BCUT2D eigenvalue weighted by molar-refractivity contribution is 6.30. The summed E-state index contributed by atoms with van der Waals surface area (Å²) in [6.07, 6.45) is 0. The Labute approximate surface area is 116 Å². The molecule has 0 heterocycles. The van der Waals surface area contributed by atoms with Gasteiger partial charge in [-0.15, -0.1) is 0 Å². The number of benzene rings is 2. The largest absolute Gasteiger partial charge is 0.380 e. The fourth-order valence-electron chi connectivity index (χ4n) is 2.80. The minimum absolute atomic E-state index is 0.0435. The average Bonchev–Trinajstić information content (AvgIpc) is 2.63. The fourth-order valence-corrected chi connectivity index (χ4v) is 2.97. The molecule has 0 fully saturated rings. The maximum atomic E-state index is 12.3. The SMILES string of the molecule is C[C@@H]1C(=O)c2ccc(Cl)cc2[C@]1(O)c1ccccc1. The Morgan fingerprint density at radius 3 is 2.53 bits per heavy atom. The van der Waals surface area contributed by atoms with Gasteiger partial charge in [0.15, 0.2) is 5.78 Å². The molecule has 2 aromatic rings. The van der Waals surface area contributed by atoms with E-state index in [9.17, 15) is 9.90 Å². The van der Waals surface area contributed by atoms with Gasteiger partial charge in [0.1, 0.15) is 5.60 Å². The minimum atomic E-state index is -1.29. The van der Waals surface area contributed by atoms with Crippen molar-refractivity contribution < 1.29 is 9.90 Å². The zero-order chi connectivity index (χ0) is 13.6. The summed E-state index contributed by atoms with van der Waals surface area (Å²) in [5.74, 6) is -0.554. The first-order chi connectivity index (χ1) is 9.05. The molecule has 2 atom stereocenters. The molecule has 0 saturated heterocycles. The van der Waals surface area contributed by atoms with Gasteiger partial charge in [0.2, 0.25) is 0 Å². The molecule has 1 aliphatic rings. The summed E-state index contributed by atoms with van der Waals surface area (Å²) in [5, 5.41) is 11.6. The second-order valence-corrected chi connectivity index (χ2v) is 5.34. The maximum absolute atomic E-state index is 12.3. The summed E-state index contributed by atoms with van der Waals surface area (Å²) in [6, 6.07) is 14.3. The average molecular weight is 273 g/mol. The van der Waals surface area contributed by atoms with Crippen molar-refractivity contribution >= 4 is 17.4 Å². The van der Waals surface area contributed by atoms with E-state index in [2.05, 4.69) is 0 Å². The van der Waals surface area contributed by atoms with Gasteiger partial charge in [0.05, 0.1) is 5.92 Å². The van der Waals surface area contributed by atoms with Gasteiger partial charge >= 0.3 is 0 Å². The molecule has 0 unspecified atom stereocenters. The van der Waals surface area contributed by atoms with Crippen molar-refractivity contribution in [1.82, 2.24) is 0 Å². The van der Waals surface area contributed by atoms with E-state index in [1.54, 1.807) is 25.1 Å². The highest BCUT2D eigenvalue weighted by Gasteiger charge is 2.49. The molecule has 0 radical (unpaired) electrons. The van der Waals surface area contributed by atoms with Crippen LogP contribution in [0.1, 0.15) is 28.4 Å². The minimum Gasteiger partial charge on any atom is -0.380 e. The lowest BCUT2D eigenvalue weighted by molar-refractivity contribution is 0.0351. The lowest BCUT2D eigenvalue weighted by Crippen LogP contribution is -2.32. The van der Waals surface area contributed by atoms with Crippen molar-refractivity contribution in [3.8, 4) is 0 Å². The molecule has 0 spiro atoms. The van der Waals surface area contributed by atoms with Crippen LogP contribution in [0.4, 0.5) is 0 Å². The standard InChI is InChI=1S/C16H13ClO2/c1-10-15(18)13-8-7-12(17)9-14(13)16(10,19)11-5-3-2-4-6-11/h2-10,19H,1H3/t10-,16-/m1/s1. The van der Waals surface area contributed by atoms with Crippen molar-refractivity contribution in [1.29, 1.82) is 0 Å². The van der Waals surface area contributed by atoms with Gasteiger partial charge in [0, 0.05) is 16.1 Å². The van der Waals surface area contributed by atoms with Crippen molar-refractivity contribution in [2.75, 3.05) is 0 Å². The topological polar surface area (TPSA) is 37.3 Å². The summed E-state index contributed by atoms with van der Waals surface area (Å²) in [6.45, 7) is 1.75. The number of fused-ring (bicyclic) bond motifs is 1. The van der Waals surface area contributed by atoms with Crippen LogP contribution in [-0.4, -0.2) is 10.9 Å². The van der Waals surface area contributed by atoms with Crippen LogP contribution in [0.25, 0.3) is 0 Å². The Balaban J connectivity index is 2.29. The summed E-state index contributed by atoms with van der Waals surface area (Å²) < 4.78 is 0. The molecule has 0 amide bonds.